The number of hydrogen-bond acceptors (Lipinski definition) is 6. The van der Waals surface area contributed by atoms with Crippen molar-refractivity contribution in [2.24, 2.45) is 0 Å². The Bertz CT molecular complexity index is 745. The smallest absolute Gasteiger partial charge is 0.348 e. The van der Waals surface area contributed by atoms with Crippen LogP contribution in [0.15, 0.2) is 6.07 Å². The van der Waals surface area contributed by atoms with Gasteiger partial charge < -0.3 is 10.1 Å². The first kappa shape index (κ1) is 19.9. The summed E-state index contributed by atoms with van der Waals surface area (Å²) >= 11 is 1.32. The van der Waals surface area contributed by atoms with Gasteiger partial charge in [0.1, 0.15) is 10.4 Å². The highest BCUT2D eigenvalue weighted by Gasteiger charge is 2.47. The monoisotopic (exact) mass is 381 g/mol. The average Bonchev–Trinajstić information content (AvgIpc) is 3.06. The fourth-order valence-corrected chi connectivity index (χ4v) is 3.49. The van der Waals surface area contributed by atoms with Gasteiger partial charge >= 0.3 is 12.0 Å². The number of nitrogens with one attached hydrogen (secondary N) is 2. The SMILES string of the molecule is CCCc1cc(C(=O)OCC(=O)NN2C(=O)NC(C)(CC)C2=O)sc1C. The molecule has 142 valence electrons. The lowest BCUT2D eigenvalue weighted by Gasteiger charge is -2.19. The molecule has 1 atom stereocenters. The van der Waals surface area contributed by atoms with Crippen molar-refractivity contribution >= 4 is 35.2 Å². The number of esters is 1. The molecule has 2 N–H and O–H groups in total. The third kappa shape index (κ3) is 4.04. The van der Waals surface area contributed by atoms with Crippen LogP contribution in [0.2, 0.25) is 0 Å². The Morgan fingerprint density at radius 3 is 2.62 bits per heavy atom. The molecule has 1 aliphatic rings. The van der Waals surface area contributed by atoms with Crippen LogP contribution in [-0.4, -0.2) is 41.0 Å². The first-order chi connectivity index (χ1) is 12.2. The zero-order valence-electron chi connectivity index (χ0n) is 15.3. The molecule has 1 unspecified atom stereocenters. The van der Waals surface area contributed by atoms with Gasteiger partial charge in [0.15, 0.2) is 6.61 Å². The number of amides is 4. The molecule has 1 aromatic heterocycles. The molecule has 1 fully saturated rings. The second-order valence-corrected chi connectivity index (χ2v) is 7.57. The van der Waals surface area contributed by atoms with E-state index >= 15 is 0 Å². The van der Waals surface area contributed by atoms with Crippen molar-refractivity contribution in [2.75, 3.05) is 6.61 Å². The maximum absolute atomic E-state index is 12.2. The molecule has 0 aliphatic carbocycles. The zero-order chi connectivity index (χ0) is 19.5. The first-order valence-electron chi connectivity index (χ1n) is 8.44. The molecule has 2 heterocycles. The van der Waals surface area contributed by atoms with Gasteiger partial charge in [-0.25, -0.2) is 9.59 Å². The summed E-state index contributed by atoms with van der Waals surface area (Å²) < 4.78 is 4.99. The Morgan fingerprint density at radius 2 is 2.04 bits per heavy atom. The molecule has 0 radical (unpaired) electrons. The second kappa shape index (κ2) is 7.86. The standard InChI is InChI=1S/C17H23N3O5S/c1-5-7-11-8-12(26-10(11)3)14(22)25-9-13(21)19-20-15(23)17(4,6-2)18-16(20)24/h8H,5-7,9H2,1-4H3,(H,18,24)(H,19,21). The Kier molecular flexibility index (Phi) is 6.01. The van der Waals surface area contributed by atoms with E-state index in [9.17, 15) is 19.2 Å². The predicted molar refractivity (Wildman–Crippen MR) is 95.5 cm³/mol. The quantitative estimate of drug-likeness (QED) is 0.555. The average molecular weight is 381 g/mol. The molecule has 26 heavy (non-hydrogen) atoms. The van der Waals surface area contributed by atoms with E-state index in [1.807, 2.05) is 6.92 Å². The van der Waals surface area contributed by atoms with Crippen molar-refractivity contribution in [3.8, 4) is 0 Å². The molecule has 0 saturated carbocycles. The molecule has 1 saturated heterocycles. The molecular formula is C17H23N3O5S. The number of carbonyl (C=O) groups is 4. The second-order valence-electron chi connectivity index (χ2n) is 6.31. The van der Waals surface area contributed by atoms with Gasteiger partial charge in [-0.15, -0.1) is 11.3 Å². The fourth-order valence-electron chi connectivity index (χ4n) is 2.52. The lowest BCUT2D eigenvalue weighted by atomic mass is 10.00. The van der Waals surface area contributed by atoms with Gasteiger partial charge in [-0.1, -0.05) is 20.3 Å². The summed E-state index contributed by atoms with van der Waals surface area (Å²) in [7, 11) is 0. The maximum Gasteiger partial charge on any atom is 0.348 e. The van der Waals surface area contributed by atoms with E-state index in [-0.39, 0.29) is 0 Å². The summed E-state index contributed by atoms with van der Waals surface area (Å²) in [5.41, 5.74) is 2.21. The number of carbonyl (C=O) groups excluding carboxylic acids is 4. The van der Waals surface area contributed by atoms with E-state index in [1.165, 1.54) is 11.3 Å². The number of hydrazine groups is 1. The van der Waals surface area contributed by atoms with Crippen LogP contribution in [0.1, 0.15) is 53.7 Å². The van der Waals surface area contributed by atoms with E-state index < -0.39 is 36.0 Å². The molecule has 2 rings (SSSR count). The van der Waals surface area contributed by atoms with Crippen molar-refractivity contribution in [3.63, 3.8) is 0 Å². The Hall–Kier alpha value is -2.42. The normalized spacial score (nSPS) is 19.5. The van der Waals surface area contributed by atoms with Crippen molar-refractivity contribution in [2.45, 2.75) is 52.5 Å². The number of nitrogens with zero attached hydrogens (tertiary/aromatic N) is 1. The minimum Gasteiger partial charge on any atom is -0.451 e. The molecule has 4 amide bonds. The molecule has 9 heteroatoms. The number of hydrogen-bond donors (Lipinski definition) is 2. The predicted octanol–water partition coefficient (Wildman–Crippen LogP) is 1.92. The summed E-state index contributed by atoms with van der Waals surface area (Å²) in [5.74, 6) is -1.92. The number of rotatable bonds is 7. The van der Waals surface area contributed by atoms with Crippen LogP contribution >= 0.6 is 11.3 Å². The molecule has 0 bridgehead atoms. The van der Waals surface area contributed by atoms with Gasteiger partial charge in [0.2, 0.25) is 0 Å². The summed E-state index contributed by atoms with van der Waals surface area (Å²) in [4.78, 5) is 49.5. The molecule has 0 aromatic carbocycles. The number of aryl methyl sites for hydroxylation is 2. The van der Waals surface area contributed by atoms with Crippen LogP contribution < -0.4 is 10.7 Å². The van der Waals surface area contributed by atoms with Gasteiger partial charge in [0.05, 0.1) is 0 Å². The van der Waals surface area contributed by atoms with Gasteiger partial charge in [0.25, 0.3) is 11.8 Å². The van der Waals surface area contributed by atoms with Crippen molar-refractivity contribution < 1.29 is 23.9 Å². The van der Waals surface area contributed by atoms with Crippen LogP contribution in [0.3, 0.4) is 0 Å². The van der Waals surface area contributed by atoms with E-state index in [1.54, 1.807) is 19.9 Å². The van der Waals surface area contributed by atoms with Gasteiger partial charge in [-0.2, -0.15) is 5.01 Å². The third-order valence-corrected chi connectivity index (χ3v) is 5.35. The summed E-state index contributed by atoms with van der Waals surface area (Å²) in [6.07, 6.45) is 2.23. The molecule has 0 spiro atoms. The molecule has 1 aromatic rings. The van der Waals surface area contributed by atoms with Crippen LogP contribution in [-0.2, 0) is 20.7 Å². The van der Waals surface area contributed by atoms with E-state index in [4.69, 9.17) is 4.74 Å². The molecule has 8 nitrogen and oxygen atoms in total. The van der Waals surface area contributed by atoms with Gasteiger partial charge in [-0.3, -0.25) is 15.0 Å². The van der Waals surface area contributed by atoms with Crippen LogP contribution in [0, 0.1) is 6.92 Å². The van der Waals surface area contributed by atoms with Gasteiger partial charge in [0, 0.05) is 4.88 Å². The number of urea groups is 1. The van der Waals surface area contributed by atoms with E-state index in [0.717, 1.165) is 23.3 Å². The Morgan fingerprint density at radius 1 is 1.35 bits per heavy atom. The summed E-state index contributed by atoms with van der Waals surface area (Å²) in [6.45, 7) is 6.73. The van der Waals surface area contributed by atoms with Crippen molar-refractivity contribution in [1.29, 1.82) is 0 Å². The van der Waals surface area contributed by atoms with E-state index in [2.05, 4.69) is 17.7 Å². The van der Waals surface area contributed by atoms with Crippen molar-refractivity contribution in [3.05, 3.63) is 21.4 Å². The summed E-state index contributed by atoms with van der Waals surface area (Å²) in [5, 5.41) is 3.13. The van der Waals surface area contributed by atoms with Crippen LogP contribution in [0.25, 0.3) is 0 Å². The largest absolute Gasteiger partial charge is 0.451 e. The molecular weight excluding hydrogens is 358 g/mol. The fraction of sp³-hybridized carbons (Fsp3) is 0.529. The van der Waals surface area contributed by atoms with Crippen LogP contribution in [0.4, 0.5) is 4.79 Å². The topological polar surface area (TPSA) is 105 Å². The third-order valence-electron chi connectivity index (χ3n) is 4.28. The highest BCUT2D eigenvalue weighted by atomic mass is 32.1. The minimum absolute atomic E-state index is 0.386. The highest BCUT2D eigenvalue weighted by molar-refractivity contribution is 7.14. The maximum atomic E-state index is 12.2. The van der Waals surface area contributed by atoms with Crippen molar-refractivity contribution in [1.82, 2.24) is 15.8 Å². The number of ether oxygens (including phenoxy) is 1. The Balaban J connectivity index is 1.91. The Labute approximate surface area is 155 Å². The van der Waals surface area contributed by atoms with E-state index in [0.29, 0.717) is 16.3 Å². The van der Waals surface area contributed by atoms with Gasteiger partial charge in [-0.05, 0) is 38.3 Å². The minimum atomic E-state index is -1.05. The van der Waals surface area contributed by atoms with Crippen LogP contribution in [0.5, 0.6) is 0 Å². The summed E-state index contributed by atoms with van der Waals surface area (Å²) in [6, 6.07) is 1.06. The zero-order valence-corrected chi connectivity index (χ0v) is 16.1. The number of imide groups is 1. The molecule has 1 aliphatic heterocycles. The lowest BCUT2D eigenvalue weighted by molar-refractivity contribution is -0.139. The number of thiophene rings is 1. The lowest BCUT2D eigenvalue weighted by Crippen LogP contribution is -2.49. The first-order valence-corrected chi connectivity index (χ1v) is 9.26. The highest BCUT2D eigenvalue weighted by Crippen LogP contribution is 2.23.